The van der Waals surface area contributed by atoms with Crippen molar-refractivity contribution in [3.63, 3.8) is 0 Å². The summed E-state index contributed by atoms with van der Waals surface area (Å²) in [5.74, 6) is -1.49. The minimum Gasteiger partial charge on any atom is -0.378 e. The molecule has 3 heterocycles. The molecule has 7 nitrogen and oxygen atoms in total. The quantitative estimate of drug-likeness (QED) is 0.330. The number of ether oxygens (including phenoxy) is 1. The van der Waals surface area contributed by atoms with Crippen LogP contribution in [0.2, 0.25) is 0 Å². The fraction of sp³-hybridized carbons (Fsp3) is 0.258. The van der Waals surface area contributed by atoms with Crippen molar-refractivity contribution in [3.05, 3.63) is 101 Å². The van der Waals surface area contributed by atoms with Crippen LogP contribution in [0.3, 0.4) is 0 Å². The second-order valence-electron chi connectivity index (χ2n) is 10.0. The number of rotatable bonds is 5. The summed E-state index contributed by atoms with van der Waals surface area (Å²) >= 11 is 1.24. The molecule has 0 aliphatic carbocycles. The number of carbonyl (C=O) groups excluding carboxylic acids is 2. The van der Waals surface area contributed by atoms with E-state index in [4.69, 9.17) is 9.84 Å². The molecule has 4 aromatic rings. The van der Waals surface area contributed by atoms with Crippen LogP contribution in [-0.2, 0) is 14.3 Å². The molecule has 1 fully saturated rings. The van der Waals surface area contributed by atoms with E-state index in [-0.39, 0.29) is 29.7 Å². The zero-order valence-corrected chi connectivity index (χ0v) is 23.2. The summed E-state index contributed by atoms with van der Waals surface area (Å²) in [6.45, 7) is 3.52. The number of fused-ring (bicyclic) bond motifs is 1. The number of nitrogens with zero attached hydrogens (tertiary/aromatic N) is 4. The van der Waals surface area contributed by atoms with E-state index in [1.54, 1.807) is 9.58 Å². The lowest BCUT2D eigenvalue weighted by molar-refractivity contribution is -0.134. The van der Waals surface area contributed by atoms with Crippen molar-refractivity contribution < 1.29 is 23.1 Å². The molecule has 2 aliphatic heterocycles. The first kappa shape index (κ1) is 27.2. The van der Waals surface area contributed by atoms with Crippen molar-refractivity contribution in [2.24, 2.45) is 0 Å². The Morgan fingerprint density at radius 2 is 1.80 bits per heavy atom. The lowest BCUT2D eigenvalue weighted by Crippen LogP contribution is -2.48. The number of anilines is 1. The molecule has 2 amide bonds. The van der Waals surface area contributed by atoms with Crippen LogP contribution in [0.4, 0.5) is 14.6 Å². The van der Waals surface area contributed by atoms with Gasteiger partial charge in [-0.2, -0.15) is 5.10 Å². The number of carbonyl (C=O) groups is 2. The van der Waals surface area contributed by atoms with Crippen molar-refractivity contribution in [1.82, 2.24) is 14.7 Å². The van der Waals surface area contributed by atoms with Crippen LogP contribution < -0.4 is 4.90 Å². The van der Waals surface area contributed by atoms with Gasteiger partial charge in [0.25, 0.3) is 0 Å². The van der Waals surface area contributed by atoms with E-state index in [1.165, 1.54) is 28.8 Å². The number of thioether (sulfide) groups is 1. The van der Waals surface area contributed by atoms with Crippen molar-refractivity contribution >= 4 is 29.4 Å². The van der Waals surface area contributed by atoms with Crippen LogP contribution in [0.5, 0.6) is 0 Å². The maximum Gasteiger partial charge on any atom is 0.242 e. The average Bonchev–Trinajstić information content (AvgIpc) is 3.31. The first-order valence-electron chi connectivity index (χ1n) is 13.4. The fourth-order valence-corrected chi connectivity index (χ4v) is 6.50. The highest BCUT2D eigenvalue weighted by molar-refractivity contribution is 8.00. The average molecular weight is 575 g/mol. The zero-order valence-electron chi connectivity index (χ0n) is 22.4. The minimum atomic E-state index is -0.707. The van der Waals surface area contributed by atoms with Gasteiger partial charge in [0.2, 0.25) is 11.8 Å². The summed E-state index contributed by atoms with van der Waals surface area (Å²) in [7, 11) is 0. The van der Waals surface area contributed by atoms with Gasteiger partial charge in [0.1, 0.15) is 24.0 Å². The van der Waals surface area contributed by atoms with Crippen LogP contribution in [0, 0.1) is 18.6 Å². The van der Waals surface area contributed by atoms with Crippen LogP contribution in [0.1, 0.15) is 21.9 Å². The van der Waals surface area contributed by atoms with Crippen molar-refractivity contribution in [3.8, 4) is 16.9 Å². The predicted octanol–water partition coefficient (Wildman–Crippen LogP) is 5.15. The Balaban J connectivity index is 1.60. The Hall–Kier alpha value is -4.02. The summed E-state index contributed by atoms with van der Waals surface area (Å²) in [5.41, 5.74) is 3.85. The van der Waals surface area contributed by atoms with Crippen LogP contribution in [0.15, 0.2) is 72.8 Å². The Labute approximate surface area is 240 Å². The highest BCUT2D eigenvalue weighted by Gasteiger charge is 2.39. The maximum absolute atomic E-state index is 15.4. The Kier molecular flexibility index (Phi) is 7.59. The van der Waals surface area contributed by atoms with Gasteiger partial charge < -0.3 is 9.64 Å². The topological polar surface area (TPSA) is 67.7 Å². The molecule has 0 saturated carbocycles. The van der Waals surface area contributed by atoms with Gasteiger partial charge in [-0.1, -0.05) is 48.5 Å². The molecular weight excluding hydrogens is 546 g/mol. The summed E-state index contributed by atoms with van der Waals surface area (Å²) in [4.78, 5) is 30.5. The molecule has 0 N–H and O–H groups in total. The highest BCUT2D eigenvalue weighted by Crippen LogP contribution is 2.49. The number of hydrogen-bond acceptors (Lipinski definition) is 5. The van der Waals surface area contributed by atoms with E-state index in [0.29, 0.717) is 49.1 Å². The molecular formula is C31H28F2N4O3S. The summed E-state index contributed by atoms with van der Waals surface area (Å²) in [6, 6.07) is 20.7. The zero-order chi connectivity index (χ0) is 28.5. The highest BCUT2D eigenvalue weighted by atomic mass is 32.2. The molecule has 2 aliphatic rings. The molecule has 1 atom stereocenters. The minimum absolute atomic E-state index is 0.00536. The molecule has 3 aromatic carbocycles. The van der Waals surface area contributed by atoms with E-state index in [2.05, 4.69) is 0 Å². The molecule has 1 aromatic heterocycles. The number of morpholine rings is 1. The van der Waals surface area contributed by atoms with Gasteiger partial charge in [-0.15, -0.1) is 11.8 Å². The fourth-order valence-electron chi connectivity index (χ4n) is 5.28. The molecule has 0 spiro atoms. The normalized spacial score (nSPS) is 17.3. The SMILES string of the molecule is Cc1cccc(-n2nc(-c3ccccc3)c3c2N(CC(=O)N2CCOCC2)C(=O)CS[C@H]3c2ccc(F)cc2F)c1. The molecule has 41 heavy (non-hydrogen) atoms. The lowest BCUT2D eigenvalue weighted by Gasteiger charge is -2.30. The molecule has 0 unspecified atom stereocenters. The Morgan fingerprint density at radius 3 is 2.54 bits per heavy atom. The number of benzene rings is 3. The van der Waals surface area contributed by atoms with Gasteiger partial charge in [0, 0.05) is 35.8 Å². The van der Waals surface area contributed by atoms with Gasteiger partial charge in [-0.3, -0.25) is 14.5 Å². The number of amides is 2. The maximum atomic E-state index is 15.4. The lowest BCUT2D eigenvalue weighted by atomic mass is 9.99. The van der Waals surface area contributed by atoms with Crippen molar-refractivity contribution in [2.75, 3.05) is 43.5 Å². The summed E-state index contributed by atoms with van der Waals surface area (Å²) < 4.78 is 36.4. The number of aromatic nitrogens is 2. The first-order valence-corrected chi connectivity index (χ1v) is 14.4. The number of halogens is 2. The standard InChI is InChI=1S/C31H28F2N4O3S/c1-20-6-5-9-23(16-20)37-31-28(29(34-37)21-7-3-2-4-8-21)30(24-11-10-22(32)17-25(24)33)41-19-27(39)36(31)18-26(38)35-12-14-40-15-13-35/h2-11,16-17,30H,12-15,18-19H2,1H3/t30-/m0/s1. The Bertz CT molecular complexity index is 1600. The molecule has 1 saturated heterocycles. The predicted molar refractivity (Wildman–Crippen MR) is 154 cm³/mol. The third-order valence-corrected chi connectivity index (χ3v) is 8.52. The van der Waals surface area contributed by atoms with Gasteiger partial charge in [-0.25, -0.2) is 13.5 Å². The number of hydrogen-bond donors (Lipinski definition) is 0. The largest absolute Gasteiger partial charge is 0.378 e. The monoisotopic (exact) mass is 574 g/mol. The summed E-state index contributed by atoms with van der Waals surface area (Å²) in [6.07, 6.45) is 0. The van der Waals surface area contributed by atoms with Crippen molar-refractivity contribution in [1.29, 1.82) is 0 Å². The van der Waals surface area contributed by atoms with Gasteiger partial charge in [-0.05, 0) is 30.7 Å². The third kappa shape index (κ3) is 5.37. The molecule has 0 radical (unpaired) electrons. The Morgan fingerprint density at radius 1 is 1.02 bits per heavy atom. The molecule has 210 valence electrons. The van der Waals surface area contributed by atoms with E-state index in [0.717, 1.165) is 17.2 Å². The van der Waals surface area contributed by atoms with E-state index >= 15 is 4.39 Å². The number of aryl methyl sites for hydroxylation is 1. The van der Waals surface area contributed by atoms with Crippen LogP contribution in [0.25, 0.3) is 16.9 Å². The van der Waals surface area contributed by atoms with E-state index in [9.17, 15) is 14.0 Å². The molecule has 6 rings (SSSR count). The molecule has 0 bridgehead atoms. The van der Waals surface area contributed by atoms with E-state index in [1.807, 2.05) is 61.5 Å². The third-order valence-electron chi connectivity index (χ3n) is 7.28. The second kappa shape index (κ2) is 11.5. The van der Waals surface area contributed by atoms with Gasteiger partial charge >= 0.3 is 0 Å². The van der Waals surface area contributed by atoms with E-state index < -0.39 is 16.9 Å². The van der Waals surface area contributed by atoms with Crippen LogP contribution >= 0.6 is 11.8 Å². The second-order valence-corrected chi connectivity index (χ2v) is 11.1. The van der Waals surface area contributed by atoms with Gasteiger partial charge in [0.15, 0.2) is 0 Å². The van der Waals surface area contributed by atoms with Gasteiger partial charge in [0.05, 0.1) is 35.6 Å². The van der Waals surface area contributed by atoms with Crippen LogP contribution in [-0.4, -0.2) is 65.1 Å². The first-order chi connectivity index (χ1) is 19.9. The summed E-state index contributed by atoms with van der Waals surface area (Å²) in [5, 5.41) is 4.32. The van der Waals surface area contributed by atoms with Crippen molar-refractivity contribution in [2.45, 2.75) is 12.2 Å². The smallest absolute Gasteiger partial charge is 0.242 e. The molecule has 10 heteroatoms.